The van der Waals surface area contributed by atoms with Crippen LogP contribution in [0.3, 0.4) is 0 Å². The van der Waals surface area contributed by atoms with E-state index in [-0.39, 0.29) is 12.1 Å². The first kappa shape index (κ1) is 18.2. The lowest BCUT2D eigenvalue weighted by Crippen LogP contribution is -2.49. The molecule has 1 aliphatic rings. The number of amides is 1. The van der Waals surface area contributed by atoms with Crippen LogP contribution < -0.4 is 10.6 Å². The van der Waals surface area contributed by atoms with Crippen molar-refractivity contribution in [2.45, 2.75) is 71.6 Å². The monoisotopic (exact) mass is 299 g/mol. The van der Waals surface area contributed by atoms with Crippen LogP contribution in [0.15, 0.2) is 0 Å². The van der Waals surface area contributed by atoms with Gasteiger partial charge in [-0.1, -0.05) is 6.92 Å². The van der Waals surface area contributed by atoms with Crippen molar-refractivity contribution in [1.29, 1.82) is 0 Å². The van der Waals surface area contributed by atoms with Crippen LogP contribution in [0.5, 0.6) is 0 Å². The lowest BCUT2D eigenvalue weighted by Gasteiger charge is -2.33. The standard InChI is InChI=1S/C16H33N3O2/c1-6-9-19-10-7-14(8-11-19)18-13(2)12-17-15(20)21-16(3,4)5/h13-14,18H,6-12H2,1-5H3,(H,17,20). The quantitative estimate of drug-likeness (QED) is 0.790. The summed E-state index contributed by atoms with van der Waals surface area (Å²) in [6.45, 7) is 14.1. The van der Waals surface area contributed by atoms with Crippen molar-refractivity contribution < 1.29 is 9.53 Å². The molecular formula is C16H33N3O2. The van der Waals surface area contributed by atoms with Crippen LogP contribution in [0.25, 0.3) is 0 Å². The molecule has 21 heavy (non-hydrogen) atoms. The Kier molecular flexibility index (Phi) is 7.46. The minimum atomic E-state index is -0.438. The fraction of sp³-hybridized carbons (Fsp3) is 0.938. The van der Waals surface area contributed by atoms with Gasteiger partial charge in [-0.2, -0.15) is 0 Å². The van der Waals surface area contributed by atoms with E-state index >= 15 is 0 Å². The lowest BCUT2D eigenvalue weighted by molar-refractivity contribution is 0.0521. The predicted molar refractivity (Wildman–Crippen MR) is 86.6 cm³/mol. The fourth-order valence-electron chi connectivity index (χ4n) is 2.65. The zero-order valence-corrected chi connectivity index (χ0v) is 14.4. The maximum atomic E-state index is 11.6. The number of carbonyl (C=O) groups is 1. The van der Waals surface area contributed by atoms with Gasteiger partial charge in [0, 0.05) is 18.6 Å². The highest BCUT2D eigenvalue weighted by molar-refractivity contribution is 5.67. The number of rotatable bonds is 6. The zero-order chi connectivity index (χ0) is 15.9. The van der Waals surface area contributed by atoms with Crippen LogP contribution >= 0.6 is 0 Å². The molecule has 0 aromatic carbocycles. The van der Waals surface area contributed by atoms with E-state index in [0.717, 1.165) is 0 Å². The Hall–Kier alpha value is -0.810. The minimum Gasteiger partial charge on any atom is -0.444 e. The molecule has 0 aromatic heterocycles. The normalized spacial score (nSPS) is 19.3. The molecule has 0 radical (unpaired) electrons. The number of nitrogens with zero attached hydrogens (tertiary/aromatic N) is 1. The summed E-state index contributed by atoms with van der Waals surface area (Å²) in [6, 6.07) is 0.828. The molecule has 0 aliphatic carbocycles. The molecule has 5 nitrogen and oxygen atoms in total. The number of nitrogens with one attached hydrogen (secondary N) is 2. The van der Waals surface area contributed by atoms with Crippen LogP contribution in [0, 0.1) is 0 Å². The first-order chi connectivity index (χ1) is 9.80. The van der Waals surface area contributed by atoms with Crippen LogP contribution in [-0.2, 0) is 4.74 Å². The van der Waals surface area contributed by atoms with E-state index in [1.807, 2.05) is 20.8 Å². The molecule has 1 heterocycles. The summed E-state index contributed by atoms with van der Waals surface area (Å²) in [5.41, 5.74) is -0.438. The van der Waals surface area contributed by atoms with E-state index in [1.165, 1.54) is 38.9 Å². The second-order valence-electron chi connectivity index (χ2n) is 7.07. The summed E-state index contributed by atoms with van der Waals surface area (Å²) in [4.78, 5) is 14.1. The van der Waals surface area contributed by atoms with Gasteiger partial charge in [-0.25, -0.2) is 4.79 Å². The van der Waals surface area contributed by atoms with Gasteiger partial charge >= 0.3 is 6.09 Å². The summed E-state index contributed by atoms with van der Waals surface area (Å²) in [5.74, 6) is 0. The number of hydrogen-bond donors (Lipinski definition) is 2. The van der Waals surface area contributed by atoms with Gasteiger partial charge in [-0.3, -0.25) is 0 Å². The Bertz CT molecular complexity index is 307. The largest absolute Gasteiger partial charge is 0.444 e. The predicted octanol–water partition coefficient (Wildman–Crippen LogP) is 2.36. The third-order valence-electron chi connectivity index (χ3n) is 3.60. The lowest BCUT2D eigenvalue weighted by atomic mass is 10.0. The minimum absolute atomic E-state index is 0.264. The number of piperidine rings is 1. The van der Waals surface area contributed by atoms with E-state index in [9.17, 15) is 4.79 Å². The second-order valence-corrected chi connectivity index (χ2v) is 7.07. The first-order valence-corrected chi connectivity index (χ1v) is 8.25. The van der Waals surface area contributed by atoms with Crippen molar-refractivity contribution in [1.82, 2.24) is 15.5 Å². The van der Waals surface area contributed by atoms with Crippen LogP contribution in [0.4, 0.5) is 4.79 Å². The van der Waals surface area contributed by atoms with Crippen LogP contribution in [0.2, 0.25) is 0 Å². The van der Waals surface area contributed by atoms with E-state index in [0.29, 0.717) is 12.6 Å². The molecule has 0 aromatic rings. The summed E-state index contributed by atoms with van der Waals surface area (Å²) >= 11 is 0. The number of ether oxygens (including phenoxy) is 1. The van der Waals surface area contributed by atoms with Crippen molar-refractivity contribution in [3.8, 4) is 0 Å². The van der Waals surface area contributed by atoms with Crippen molar-refractivity contribution in [2.24, 2.45) is 0 Å². The highest BCUT2D eigenvalue weighted by Crippen LogP contribution is 2.11. The number of alkyl carbamates (subject to hydrolysis) is 1. The molecule has 5 heteroatoms. The molecule has 124 valence electrons. The number of likely N-dealkylation sites (tertiary alicyclic amines) is 1. The summed E-state index contributed by atoms with van der Waals surface area (Å²) < 4.78 is 5.23. The number of hydrogen-bond acceptors (Lipinski definition) is 4. The Morgan fingerprint density at radius 2 is 1.95 bits per heavy atom. The number of carbonyl (C=O) groups excluding carboxylic acids is 1. The van der Waals surface area contributed by atoms with Gasteiger partial charge in [0.25, 0.3) is 0 Å². The topological polar surface area (TPSA) is 53.6 Å². The summed E-state index contributed by atoms with van der Waals surface area (Å²) in [7, 11) is 0. The smallest absolute Gasteiger partial charge is 0.407 e. The molecule has 0 spiro atoms. The molecule has 1 amide bonds. The van der Waals surface area contributed by atoms with Gasteiger partial charge in [0.2, 0.25) is 0 Å². The second kappa shape index (κ2) is 8.59. The third kappa shape index (κ3) is 8.27. The molecule has 1 unspecified atom stereocenters. The fourth-order valence-corrected chi connectivity index (χ4v) is 2.65. The maximum absolute atomic E-state index is 11.6. The van der Waals surface area contributed by atoms with E-state index in [1.54, 1.807) is 0 Å². The SMILES string of the molecule is CCCN1CCC(NC(C)CNC(=O)OC(C)(C)C)CC1. The van der Waals surface area contributed by atoms with Crippen molar-refractivity contribution in [2.75, 3.05) is 26.2 Å². The molecule has 1 aliphatic heterocycles. The van der Waals surface area contributed by atoms with E-state index in [2.05, 4.69) is 29.4 Å². The Morgan fingerprint density at radius 3 is 2.48 bits per heavy atom. The molecule has 0 bridgehead atoms. The molecule has 1 rings (SSSR count). The molecule has 2 N–H and O–H groups in total. The molecule has 0 saturated carbocycles. The maximum Gasteiger partial charge on any atom is 0.407 e. The molecule has 1 saturated heterocycles. The first-order valence-electron chi connectivity index (χ1n) is 8.25. The summed E-state index contributed by atoms with van der Waals surface area (Å²) in [6.07, 6.45) is 3.27. The molecule has 1 fully saturated rings. The van der Waals surface area contributed by atoms with Gasteiger partial charge in [0.05, 0.1) is 0 Å². The van der Waals surface area contributed by atoms with Crippen molar-refractivity contribution in [3.63, 3.8) is 0 Å². The van der Waals surface area contributed by atoms with E-state index in [4.69, 9.17) is 4.74 Å². The van der Waals surface area contributed by atoms with Gasteiger partial charge < -0.3 is 20.3 Å². The van der Waals surface area contributed by atoms with Gasteiger partial charge in [0.15, 0.2) is 0 Å². The third-order valence-corrected chi connectivity index (χ3v) is 3.60. The average Bonchev–Trinajstić information content (AvgIpc) is 2.37. The Labute approximate surface area is 129 Å². The highest BCUT2D eigenvalue weighted by atomic mass is 16.6. The molecule has 1 atom stereocenters. The van der Waals surface area contributed by atoms with Crippen LogP contribution in [-0.4, -0.2) is 54.9 Å². The van der Waals surface area contributed by atoms with Crippen molar-refractivity contribution in [3.05, 3.63) is 0 Å². The summed E-state index contributed by atoms with van der Waals surface area (Å²) in [5, 5.41) is 6.43. The van der Waals surface area contributed by atoms with Crippen LogP contribution in [0.1, 0.15) is 53.9 Å². The van der Waals surface area contributed by atoms with Gasteiger partial charge in [0.1, 0.15) is 5.60 Å². The highest BCUT2D eigenvalue weighted by Gasteiger charge is 2.20. The van der Waals surface area contributed by atoms with Gasteiger partial charge in [-0.15, -0.1) is 0 Å². The van der Waals surface area contributed by atoms with Crippen molar-refractivity contribution >= 4 is 6.09 Å². The Morgan fingerprint density at radius 1 is 1.33 bits per heavy atom. The zero-order valence-electron chi connectivity index (χ0n) is 14.4. The Balaban J connectivity index is 2.17. The average molecular weight is 299 g/mol. The molecular weight excluding hydrogens is 266 g/mol. The van der Waals surface area contributed by atoms with E-state index < -0.39 is 5.60 Å². The van der Waals surface area contributed by atoms with Gasteiger partial charge in [-0.05, 0) is 66.6 Å².